The second-order valence-corrected chi connectivity index (χ2v) is 5.62. The SMILES string of the molecule is O=C(CNC1CCCC1)N1CC2CCC(C1)O2. The van der Waals surface area contributed by atoms with Gasteiger partial charge in [-0.15, -0.1) is 0 Å². The number of hydrogen-bond acceptors (Lipinski definition) is 3. The Balaban J connectivity index is 1.45. The zero-order valence-electron chi connectivity index (χ0n) is 10.4. The predicted octanol–water partition coefficient (Wildman–Crippen LogP) is 0.908. The number of rotatable bonds is 3. The van der Waals surface area contributed by atoms with Crippen molar-refractivity contribution >= 4 is 5.91 Å². The van der Waals surface area contributed by atoms with Crippen molar-refractivity contribution in [3.05, 3.63) is 0 Å². The smallest absolute Gasteiger partial charge is 0.236 e. The van der Waals surface area contributed by atoms with Crippen molar-refractivity contribution in [2.45, 2.75) is 56.8 Å². The molecule has 17 heavy (non-hydrogen) atoms. The van der Waals surface area contributed by atoms with Crippen molar-refractivity contribution in [2.24, 2.45) is 0 Å². The number of nitrogens with one attached hydrogen (secondary N) is 1. The summed E-state index contributed by atoms with van der Waals surface area (Å²) >= 11 is 0. The van der Waals surface area contributed by atoms with Crippen LogP contribution in [0.2, 0.25) is 0 Å². The summed E-state index contributed by atoms with van der Waals surface area (Å²) in [6, 6.07) is 0.580. The molecule has 0 aromatic rings. The summed E-state index contributed by atoms with van der Waals surface area (Å²) in [5.74, 6) is 0.261. The van der Waals surface area contributed by atoms with E-state index in [4.69, 9.17) is 4.74 Å². The molecular formula is C13H22N2O2. The highest BCUT2D eigenvalue weighted by Crippen LogP contribution is 2.26. The molecule has 0 radical (unpaired) electrons. The molecule has 2 aliphatic heterocycles. The molecule has 2 heterocycles. The zero-order valence-corrected chi connectivity index (χ0v) is 10.4. The summed E-state index contributed by atoms with van der Waals surface area (Å²) in [7, 11) is 0. The number of carbonyl (C=O) groups is 1. The molecule has 3 aliphatic rings. The molecule has 4 nitrogen and oxygen atoms in total. The molecular weight excluding hydrogens is 216 g/mol. The van der Waals surface area contributed by atoms with Gasteiger partial charge in [-0.25, -0.2) is 0 Å². The van der Waals surface area contributed by atoms with Gasteiger partial charge >= 0.3 is 0 Å². The van der Waals surface area contributed by atoms with Crippen molar-refractivity contribution in [2.75, 3.05) is 19.6 Å². The Kier molecular flexibility index (Phi) is 3.34. The molecule has 2 saturated heterocycles. The van der Waals surface area contributed by atoms with Crippen LogP contribution in [0.5, 0.6) is 0 Å². The van der Waals surface area contributed by atoms with Gasteiger partial charge in [0.15, 0.2) is 0 Å². The molecule has 0 spiro atoms. The normalized spacial score (nSPS) is 33.3. The summed E-state index contributed by atoms with van der Waals surface area (Å²) in [4.78, 5) is 14.1. The van der Waals surface area contributed by atoms with Gasteiger partial charge in [0, 0.05) is 19.1 Å². The van der Waals surface area contributed by atoms with E-state index in [9.17, 15) is 4.79 Å². The Bertz CT molecular complexity index is 277. The molecule has 3 fully saturated rings. The fourth-order valence-electron chi connectivity index (χ4n) is 3.29. The molecule has 2 unspecified atom stereocenters. The maximum Gasteiger partial charge on any atom is 0.236 e. The van der Waals surface area contributed by atoms with Gasteiger partial charge in [0.05, 0.1) is 18.8 Å². The van der Waals surface area contributed by atoms with E-state index in [1.165, 1.54) is 25.7 Å². The summed E-state index contributed by atoms with van der Waals surface area (Å²) in [6.45, 7) is 2.13. The molecule has 4 heteroatoms. The monoisotopic (exact) mass is 238 g/mol. The summed E-state index contributed by atoms with van der Waals surface area (Å²) in [6.07, 6.45) is 7.98. The molecule has 1 aliphatic carbocycles. The van der Waals surface area contributed by atoms with E-state index in [0.29, 0.717) is 24.8 Å². The van der Waals surface area contributed by atoms with E-state index in [0.717, 1.165) is 25.9 Å². The quantitative estimate of drug-likeness (QED) is 0.794. The van der Waals surface area contributed by atoms with Crippen LogP contribution in [-0.2, 0) is 9.53 Å². The molecule has 2 bridgehead atoms. The second-order valence-electron chi connectivity index (χ2n) is 5.62. The number of hydrogen-bond donors (Lipinski definition) is 1. The van der Waals surface area contributed by atoms with Crippen LogP contribution >= 0.6 is 0 Å². The third kappa shape index (κ3) is 2.63. The van der Waals surface area contributed by atoms with Gasteiger partial charge in [-0.3, -0.25) is 4.79 Å². The maximum absolute atomic E-state index is 12.1. The van der Waals surface area contributed by atoms with E-state index in [1.807, 2.05) is 4.90 Å². The number of nitrogens with zero attached hydrogens (tertiary/aromatic N) is 1. The highest BCUT2D eigenvalue weighted by molar-refractivity contribution is 5.78. The van der Waals surface area contributed by atoms with Crippen molar-refractivity contribution in [3.8, 4) is 0 Å². The van der Waals surface area contributed by atoms with Crippen LogP contribution in [-0.4, -0.2) is 48.7 Å². The predicted molar refractivity (Wildman–Crippen MR) is 64.7 cm³/mol. The van der Waals surface area contributed by atoms with Crippen LogP contribution in [0, 0.1) is 0 Å². The Labute approximate surface area is 103 Å². The van der Waals surface area contributed by atoms with E-state index < -0.39 is 0 Å². The van der Waals surface area contributed by atoms with Gasteiger partial charge in [0.2, 0.25) is 5.91 Å². The van der Waals surface area contributed by atoms with Crippen LogP contribution in [0.25, 0.3) is 0 Å². The molecule has 96 valence electrons. The Hall–Kier alpha value is -0.610. The van der Waals surface area contributed by atoms with Gasteiger partial charge in [-0.05, 0) is 25.7 Å². The van der Waals surface area contributed by atoms with Crippen molar-refractivity contribution < 1.29 is 9.53 Å². The molecule has 0 aromatic carbocycles. The minimum atomic E-state index is 0.261. The van der Waals surface area contributed by atoms with Crippen molar-refractivity contribution in [1.29, 1.82) is 0 Å². The third-order valence-electron chi connectivity index (χ3n) is 4.29. The molecule has 1 amide bonds. The average molecular weight is 238 g/mol. The van der Waals surface area contributed by atoms with Gasteiger partial charge in [-0.2, -0.15) is 0 Å². The van der Waals surface area contributed by atoms with E-state index in [-0.39, 0.29) is 5.91 Å². The Morgan fingerprint density at radius 2 is 1.76 bits per heavy atom. The highest BCUT2D eigenvalue weighted by atomic mass is 16.5. The molecule has 0 aromatic heterocycles. The fraction of sp³-hybridized carbons (Fsp3) is 0.923. The number of ether oxygens (including phenoxy) is 1. The summed E-state index contributed by atoms with van der Waals surface area (Å²) < 4.78 is 5.74. The van der Waals surface area contributed by atoms with Crippen LogP contribution in [0.15, 0.2) is 0 Å². The Morgan fingerprint density at radius 3 is 2.41 bits per heavy atom. The molecule has 2 atom stereocenters. The molecule has 1 saturated carbocycles. The van der Waals surface area contributed by atoms with Gasteiger partial charge in [0.1, 0.15) is 0 Å². The minimum Gasteiger partial charge on any atom is -0.371 e. The summed E-state index contributed by atoms with van der Waals surface area (Å²) in [5, 5.41) is 3.40. The van der Waals surface area contributed by atoms with Crippen LogP contribution < -0.4 is 5.32 Å². The van der Waals surface area contributed by atoms with Gasteiger partial charge in [0.25, 0.3) is 0 Å². The lowest BCUT2D eigenvalue weighted by Gasteiger charge is -2.32. The van der Waals surface area contributed by atoms with E-state index in [1.54, 1.807) is 0 Å². The zero-order chi connectivity index (χ0) is 11.7. The van der Waals surface area contributed by atoms with E-state index in [2.05, 4.69) is 5.32 Å². The first-order valence-electron chi connectivity index (χ1n) is 6.98. The number of likely N-dealkylation sites (tertiary alicyclic amines) is 1. The number of morpholine rings is 1. The number of carbonyl (C=O) groups excluding carboxylic acids is 1. The first-order valence-corrected chi connectivity index (χ1v) is 6.98. The average Bonchev–Trinajstić information content (AvgIpc) is 2.96. The lowest BCUT2D eigenvalue weighted by Crippen LogP contribution is -2.49. The largest absolute Gasteiger partial charge is 0.371 e. The van der Waals surface area contributed by atoms with Crippen LogP contribution in [0.4, 0.5) is 0 Å². The topological polar surface area (TPSA) is 41.6 Å². The van der Waals surface area contributed by atoms with Gasteiger partial charge < -0.3 is 15.0 Å². The lowest BCUT2D eigenvalue weighted by atomic mass is 10.2. The highest BCUT2D eigenvalue weighted by Gasteiger charge is 2.35. The number of amides is 1. The first kappa shape index (κ1) is 11.5. The first-order chi connectivity index (χ1) is 8.31. The standard InChI is InChI=1S/C13H22N2O2/c16-13(7-14-10-3-1-2-4-10)15-8-11-5-6-12(9-15)17-11/h10-12,14H,1-9H2. The maximum atomic E-state index is 12.1. The fourth-order valence-corrected chi connectivity index (χ4v) is 3.29. The third-order valence-corrected chi connectivity index (χ3v) is 4.29. The Morgan fingerprint density at radius 1 is 1.12 bits per heavy atom. The van der Waals surface area contributed by atoms with Crippen LogP contribution in [0.1, 0.15) is 38.5 Å². The summed E-state index contributed by atoms with van der Waals surface area (Å²) in [5.41, 5.74) is 0. The van der Waals surface area contributed by atoms with Crippen LogP contribution in [0.3, 0.4) is 0 Å². The molecule has 3 rings (SSSR count). The van der Waals surface area contributed by atoms with E-state index >= 15 is 0 Å². The van der Waals surface area contributed by atoms with Crippen molar-refractivity contribution in [3.63, 3.8) is 0 Å². The number of fused-ring (bicyclic) bond motifs is 2. The second kappa shape index (κ2) is 4.94. The van der Waals surface area contributed by atoms with Gasteiger partial charge in [-0.1, -0.05) is 12.8 Å². The minimum absolute atomic E-state index is 0.261. The van der Waals surface area contributed by atoms with Crippen molar-refractivity contribution in [1.82, 2.24) is 10.2 Å². The lowest BCUT2D eigenvalue weighted by molar-refractivity contribution is -0.139. The molecule has 1 N–H and O–H groups in total.